The summed E-state index contributed by atoms with van der Waals surface area (Å²) in [6.45, 7) is 1.85. The van der Waals surface area contributed by atoms with Crippen LogP contribution in [0.25, 0.3) is 10.6 Å². The monoisotopic (exact) mass is 263 g/mol. The predicted molar refractivity (Wildman–Crippen MR) is 74.6 cm³/mol. The molecule has 0 aliphatic carbocycles. The van der Waals surface area contributed by atoms with Gasteiger partial charge in [-0.2, -0.15) is 0 Å². The number of aromatic nitrogens is 1. The highest BCUT2D eigenvalue weighted by atomic mass is 32.1. The fourth-order valence-corrected chi connectivity index (χ4v) is 2.30. The van der Waals surface area contributed by atoms with Gasteiger partial charge in [0.15, 0.2) is 0 Å². The molecule has 1 heterocycles. The van der Waals surface area contributed by atoms with Crippen LogP contribution in [0.2, 0.25) is 0 Å². The minimum Gasteiger partial charge on any atom is -0.494 e. The summed E-state index contributed by atoms with van der Waals surface area (Å²) < 4.78 is 5.55. The van der Waals surface area contributed by atoms with E-state index in [-0.39, 0.29) is 0 Å². The quantitative estimate of drug-likeness (QED) is 0.782. The van der Waals surface area contributed by atoms with Crippen molar-refractivity contribution in [2.45, 2.75) is 13.0 Å². The predicted octanol–water partition coefficient (Wildman–Crippen LogP) is 2.00. The first-order chi connectivity index (χ1) is 8.83. The van der Waals surface area contributed by atoms with E-state index in [1.54, 1.807) is 11.3 Å². The van der Waals surface area contributed by atoms with Gasteiger partial charge in [0.05, 0.1) is 6.61 Å². The third kappa shape index (κ3) is 3.29. The number of ether oxygens (including phenoxy) is 1. The van der Waals surface area contributed by atoms with Gasteiger partial charge in [0.2, 0.25) is 0 Å². The zero-order valence-corrected chi connectivity index (χ0v) is 11.0. The van der Waals surface area contributed by atoms with Gasteiger partial charge in [0.25, 0.3) is 0 Å². The molecular weight excluding hydrogens is 246 g/mol. The van der Waals surface area contributed by atoms with Crippen molar-refractivity contribution in [2.24, 2.45) is 11.5 Å². The minimum absolute atomic E-state index is 0.540. The fourth-order valence-electron chi connectivity index (χ4n) is 1.50. The second-order valence-corrected chi connectivity index (χ2v) is 4.97. The fraction of sp³-hybridized carbons (Fsp3) is 0.308. The van der Waals surface area contributed by atoms with Gasteiger partial charge < -0.3 is 16.2 Å². The molecule has 0 unspecified atom stereocenters. The second kappa shape index (κ2) is 6.49. The van der Waals surface area contributed by atoms with Gasteiger partial charge in [-0.1, -0.05) is 0 Å². The number of rotatable bonds is 6. The van der Waals surface area contributed by atoms with E-state index < -0.39 is 0 Å². The number of hydrogen-bond acceptors (Lipinski definition) is 5. The SMILES string of the molecule is NCCCOc1ccc(-c2ncc(CN)s2)cc1. The maximum absolute atomic E-state index is 5.57. The number of benzene rings is 1. The van der Waals surface area contributed by atoms with Crippen LogP contribution in [0.4, 0.5) is 0 Å². The van der Waals surface area contributed by atoms with Gasteiger partial charge in [-0.05, 0) is 37.2 Å². The molecule has 0 spiro atoms. The molecule has 2 rings (SSSR count). The Bertz CT molecular complexity index is 481. The van der Waals surface area contributed by atoms with Crippen molar-refractivity contribution in [1.82, 2.24) is 4.98 Å². The molecule has 0 amide bonds. The molecule has 1 aromatic heterocycles. The molecular formula is C13H17N3OS. The van der Waals surface area contributed by atoms with Crippen molar-refractivity contribution < 1.29 is 4.74 Å². The number of thiazole rings is 1. The van der Waals surface area contributed by atoms with Crippen LogP contribution < -0.4 is 16.2 Å². The van der Waals surface area contributed by atoms with Crippen LogP contribution in [0, 0.1) is 0 Å². The Morgan fingerprint density at radius 1 is 1.17 bits per heavy atom. The zero-order chi connectivity index (χ0) is 12.8. The lowest BCUT2D eigenvalue weighted by molar-refractivity contribution is 0.313. The van der Waals surface area contributed by atoms with E-state index in [2.05, 4.69) is 4.98 Å². The molecule has 0 saturated carbocycles. The zero-order valence-electron chi connectivity index (χ0n) is 10.1. The summed E-state index contributed by atoms with van der Waals surface area (Å²) >= 11 is 1.62. The van der Waals surface area contributed by atoms with Crippen LogP contribution >= 0.6 is 11.3 Å². The van der Waals surface area contributed by atoms with Crippen molar-refractivity contribution in [2.75, 3.05) is 13.2 Å². The molecule has 1 aromatic carbocycles. The third-order valence-corrected chi connectivity index (χ3v) is 3.54. The number of nitrogens with two attached hydrogens (primary N) is 2. The third-order valence-electron chi connectivity index (χ3n) is 2.47. The Hall–Kier alpha value is -1.43. The average Bonchev–Trinajstić information content (AvgIpc) is 2.89. The van der Waals surface area contributed by atoms with Crippen LogP contribution in [0.15, 0.2) is 30.5 Å². The summed E-state index contributed by atoms with van der Waals surface area (Å²) in [4.78, 5) is 5.43. The largest absolute Gasteiger partial charge is 0.494 e. The molecule has 96 valence electrons. The Morgan fingerprint density at radius 3 is 2.56 bits per heavy atom. The molecule has 4 N–H and O–H groups in total. The van der Waals surface area contributed by atoms with Crippen molar-refractivity contribution in [3.8, 4) is 16.3 Å². The second-order valence-electron chi connectivity index (χ2n) is 3.85. The average molecular weight is 263 g/mol. The molecule has 0 radical (unpaired) electrons. The van der Waals surface area contributed by atoms with Crippen molar-refractivity contribution >= 4 is 11.3 Å². The van der Waals surface area contributed by atoms with E-state index in [1.165, 1.54) is 0 Å². The molecule has 18 heavy (non-hydrogen) atoms. The van der Waals surface area contributed by atoms with E-state index >= 15 is 0 Å². The summed E-state index contributed by atoms with van der Waals surface area (Å²) in [6, 6.07) is 7.93. The Kier molecular flexibility index (Phi) is 4.69. The lowest BCUT2D eigenvalue weighted by Gasteiger charge is -2.05. The van der Waals surface area contributed by atoms with Crippen molar-refractivity contribution in [3.63, 3.8) is 0 Å². The normalized spacial score (nSPS) is 10.6. The number of hydrogen-bond donors (Lipinski definition) is 2. The molecule has 0 aliphatic heterocycles. The van der Waals surface area contributed by atoms with Crippen LogP contribution in [-0.2, 0) is 6.54 Å². The maximum Gasteiger partial charge on any atom is 0.123 e. The van der Waals surface area contributed by atoms with E-state index in [9.17, 15) is 0 Å². The van der Waals surface area contributed by atoms with E-state index in [0.717, 1.165) is 27.6 Å². The van der Waals surface area contributed by atoms with Crippen LogP contribution in [0.3, 0.4) is 0 Å². The molecule has 0 atom stereocenters. The molecule has 0 fully saturated rings. The van der Waals surface area contributed by atoms with Crippen LogP contribution in [0.1, 0.15) is 11.3 Å². The van der Waals surface area contributed by atoms with Gasteiger partial charge in [0, 0.05) is 23.2 Å². The standard InChI is InChI=1S/C13H17N3OS/c14-6-1-7-17-11-4-2-10(3-5-11)13-16-9-12(8-15)18-13/h2-5,9H,1,6-8,14-15H2. The first kappa shape index (κ1) is 13.0. The Balaban J connectivity index is 2.02. The first-order valence-corrected chi connectivity index (χ1v) is 6.73. The number of nitrogens with zero attached hydrogens (tertiary/aromatic N) is 1. The Morgan fingerprint density at radius 2 is 1.94 bits per heavy atom. The Labute approximate surface area is 111 Å². The van der Waals surface area contributed by atoms with Crippen molar-refractivity contribution in [1.29, 1.82) is 0 Å². The summed E-state index contributed by atoms with van der Waals surface area (Å²) in [6.07, 6.45) is 2.69. The van der Waals surface area contributed by atoms with E-state index in [4.69, 9.17) is 16.2 Å². The van der Waals surface area contributed by atoms with Crippen molar-refractivity contribution in [3.05, 3.63) is 35.3 Å². The molecule has 5 heteroatoms. The summed E-state index contributed by atoms with van der Waals surface area (Å²) in [5.41, 5.74) is 12.1. The highest BCUT2D eigenvalue weighted by Gasteiger charge is 2.04. The van der Waals surface area contributed by atoms with Gasteiger partial charge in [-0.3, -0.25) is 0 Å². The summed E-state index contributed by atoms with van der Waals surface area (Å²) in [5, 5.41) is 0.990. The van der Waals surface area contributed by atoms with E-state index in [1.807, 2.05) is 30.5 Å². The molecule has 0 bridgehead atoms. The lowest BCUT2D eigenvalue weighted by atomic mass is 10.2. The van der Waals surface area contributed by atoms with Gasteiger partial charge in [-0.15, -0.1) is 11.3 Å². The first-order valence-electron chi connectivity index (χ1n) is 5.91. The molecule has 4 nitrogen and oxygen atoms in total. The highest BCUT2D eigenvalue weighted by molar-refractivity contribution is 7.15. The smallest absolute Gasteiger partial charge is 0.123 e. The van der Waals surface area contributed by atoms with Crippen LogP contribution in [-0.4, -0.2) is 18.1 Å². The lowest BCUT2D eigenvalue weighted by Crippen LogP contribution is -2.05. The van der Waals surface area contributed by atoms with Crippen LogP contribution in [0.5, 0.6) is 5.75 Å². The van der Waals surface area contributed by atoms with Gasteiger partial charge in [-0.25, -0.2) is 4.98 Å². The minimum atomic E-state index is 0.540. The van der Waals surface area contributed by atoms with Gasteiger partial charge >= 0.3 is 0 Å². The summed E-state index contributed by atoms with van der Waals surface area (Å²) in [7, 11) is 0. The van der Waals surface area contributed by atoms with Gasteiger partial charge in [0.1, 0.15) is 10.8 Å². The molecule has 0 saturated heterocycles. The van der Waals surface area contributed by atoms with E-state index in [0.29, 0.717) is 19.7 Å². The topological polar surface area (TPSA) is 74.2 Å². The summed E-state index contributed by atoms with van der Waals surface area (Å²) in [5.74, 6) is 0.864. The molecule has 2 aromatic rings. The maximum atomic E-state index is 5.57. The highest BCUT2D eigenvalue weighted by Crippen LogP contribution is 2.26. The molecule has 0 aliphatic rings.